The SMILES string of the molecule is CCN(CCO)C(C)c1[nH]c(=O)ccc1C. The Bertz CT molecular complexity index is 387. The quantitative estimate of drug-likeness (QED) is 0.786. The van der Waals surface area contributed by atoms with Crippen LogP contribution in [-0.2, 0) is 0 Å². The van der Waals surface area contributed by atoms with Gasteiger partial charge in [-0.15, -0.1) is 0 Å². The molecule has 1 heterocycles. The van der Waals surface area contributed by atoms with Crippen molar-refractivity contribution in [2.45, 2.75) is 26.8 Å². The van der Waals surface area contributed by atoms with Crippen molar-refractivity contribution in [2.75, 3.05) is 19.7 Å². The number of likely N-dealkylation sites (N-methyl/N-ethyl adjacent to an activating group) is 1. The highest BCUT2D eigenvalue weighted by Gasteiger charge is 2.16. The Labute approximate surface area is 95.9 Å². The molecule has 90 valence electrons. The second kappa shape index (κ2) is 5.82. The monoisotopic (exact) mass is 224 g/mol. The number of H-pyrrole nitrogens is 1. The van der Waals surface area contributed by atoms with Crippen molar-refractivity contribution < 1.29 is 5.11 Å². The van der Waals surface area contributed by atoms with Crippen molar-refractivity contribution >= 4 is 0 Å². The highest BCUT2D eigenvalue weighted by Crippen LogP contribution is 2.19. The average Bonchev–Trinajstić information content (AvgIpc) is 2.28. The van der Waals surface area contributed by atoms with Gasteiger partial charge in [-0.2, -0.15) is 0 Å². The molecule has 0 bridgehead atoms. The lowest BCUT2D eigenvalue weighted by Crippen LogP contribution is -2.31. The van der Waals surface area contributed by atoms with E-state index in [-0.39, 0.29) is 18.2 Å². The molecule has 0 aromatic carbocycles. The summed E-state index contributed by atoms with van der Waals surface area (Å²) in [4.78, 5) is 16.3. The molecule has 0 aliphatic heterocycles. The molecular weight excluding hydrogens is 204 g/mol. The van der Waals surface area contributed by atoms with Crippen LogP contribution in [0, 0.1) is 6.92 Å². The van der Waals surface area contributed by atoms with Crippen molar-refractivity contribution in [3.05, 3.63) is 33.7 Å². The number of hydrogen-bond donors (Lipinski definition) is 2. The van der Waals surface area contributed by atoms with Gasteiger partial charge in [-0.05, 0) is 26.0 Å². The summed E-state index contributed by atoms with van der Waals surface area (Å²) in [6.07, 6.45) is 0. The molecule has 0 amide bonds. The number of aliphatic hydroxyl groups excluding tert-OH is 1. The minimum Gasteiger partial charge on any atom is -0.395 e. The predicted octanol–water partition coefficient (Wildman–Crippen LogP) is 1.06. The standard InChI is InChI=1S/C12H20N2O2/c1-4-14(7-8-15)10(3)12-9(2)5-6-11(16)13-12/h5-6,10,15H,4,7-8H2,1-3H3,(H,13,16). The van der Waals surface area contributed by atoms with Crippen LogP contribution in [-0.4, -0.2) is 34.7 Å². The van der Waals surface area contributed by atoms with E-state index in [9.17, 15) is 4.79 Å². The summed E-state index contributed by atoms with van der Waals surface area (Å²) >= 11 is 0. The second-order valence-corrected chi connectivity index (χ2v) is 3.95. The number of nitrogens with one attached hydrogen (secondary N) is 1. The maximum atomic E-state index is 11.3. The molecular formula is C12H20N2O2. The van der Waals surface area contributed by atoms with Crippen LogP contribution in [0.15, 0.2) is 16.9 Å². The normalized spacial score (nSPS) is 13.1. The van der Waals surface area contributed by atoms with E-state index in [1.807, 2.05) is 26.8 Å². The van der Waals surface area contributed by atoms with Crippen molar-refractivity contribution in [3.8, 4) is 0 Å². The van der Waals surface area contributed by atoms with E-state index in [1.54, 1.807) is 0 Å². The number of rotatable bonds is 5. The smallest absolute Gasteiger partial charge is 0.248 e. The summed E-state index contributed by atoms with van der Waals surface area (Å²) in [6, 6.07) is 3.48. The van der Waals surface area contributed by atoms with Gasteiger partial charge >= 0.3 is 0 Å². The Morgan fingerprint density at radius 1 is 1.50 bits per heavy atom. The topological polar surface area (TPSA) is 56.3 Å². The lowest BCUT2D eigenvalue weighted by atomic mass is 10.1. The first kappa shape index (κ1) is 12.9. The number of aliphatic hydroxyl groups is 1. The number of aryl methyl sites for hydroxylation is 1. The summed E-state index contributed by atoms with van der Waals surface area (Å²) in [7, 11) is 0. The molecule has 1 aromatic rings. The molecule has 0 fully saturated rings. The van der Waals surface area contributed by atoms with Gasteiger partial charge in [0.15, 0.2) is 0 Å². The molecule has 16 heavy (non-hydrogen) atoms. The predicted molar refractivity (Wildman–Crippen MR) is 64.5 cm³/mol. The Hall–Kier alpha value is -1.13. The third-order valence-corrected chi connectivity index (χ3v) is 2.93. The fourth-order valence-corrected chi connectivity index (χ4v) is 1.93. The van der Waals surface area contributed by atoms with Gasteiger partial charge < -0.3 is 10.1 Å². The molecule has 1 atom stereocenters. The zero-order chi connectivity index (χ0) is 12.1. The molecule has 1 aromatic heterocycles. The first-order valence-corrected chi connectivity index (χ1v) is 5.64. The molecule has 1 rings (SSSR count). The van der Waals surface area contributed by atoms with Crippen LogP contribution in [0.5, 0.6) is 0 Å². The van der Waals surface area contributed by atoms with E-state index in [0.29, 0.717) is 6.54 Å². The number of nitrogens with zero attached hydrogens (tertiary/aromatic N) is 1. The second-order valence-electron chi connectivity index (χ2n) is 3.95. The Kier molecular flexibility index (Phi) is 4.71. The summed E-state index contributed by atoms with van der Waals surface area (Å²) in [5.41, 5.74) is 1.93. The van der Waals surface area contributed by atoms with Gasteiger partial charge in [-0.1, -0.05) is 13.0 Å². The van der Waals surface area contributed by atoms with Crippen molar-refractivity contribution in [2.24, 2.45) is 0 Å². The lowest BCUT2D eigenvalue weighted by Gasteiger charge is -2.27. The van der Waals surface area contributed by atoms with Crippen LogP contribution in [0.25, 0.3) is 0 Å². The van der Waals surface area contributed by atoms with E-state index in [1.165, 1.54) is 6.07 Å². The third kappa shape index (κ3) is 2.93. The molecule has 0 aliphatic rings. The number of aromatic nitrogens is 1. The summed E-state index contributed by atoms with van der Waals surface area (Å²) in [6.45, 7) is 7.66. The van der Waals surface area contributed by atoms with Crippen LogP contribution >= 0.6 is 0 Å². The van der Waals surface area contributed by atoms with Crippen molar-refractivity contribution in [1.82, 2.24) is 9.88 Å². The molecule has 0 aliphatic carbocycles. The minimum atomic E-state index is -0.0764. The fraction of sp³-hybridized carbons (Fsp3) is 0.583. The molecule has 0 saturated heterocycles. The van der Waals surface area contributed by atoms with Crippen molar-refractivity contribution in [3.63, 3.8) is 0 Å². The summed E-state index contributed by atoms with van der Waals surface area (Å²) < 4.78 is 0. The van der Waals surface area contributed by atoms with E-state index in [2.05, 4.69) is 9.88 Å². The molecule has 0 spiro atoms. The van der Waals surface area contributed by atoms with Crippen LogP contribution in [0.4, 0.5) is 0 Å². The Morgan fingerprint density at radius 2 is 2.19 bits per heavy atom. The molecule has 4 nitrogen and oxygen atoms in total. The molecule has 0 saturated carbocycles. The van der Waals surface area contributed by atoms with Crippen LogP contribution in [0.3, 0.4) is 0 Å². The van der Waals surface area contributed by atoms with Crippen LogP contribution in [0.1, 0.15) is 31.1 Å². The Balaban J connectivity index is 2.97. The fourth-order valence-electron chi connectivity index (χ4n) is 1.93. The maximum Gasteiger partial charge on any atom is 0.248 e. The lowest BCUT2D eigenvalue weighted by molar-refractivity contribution is 0.163. The zero-order valence-corrected chi connectivity index (χ0v) is 10.2. The highest BCUT2D eigenvalue weighted by molar-refractivity contribution is 5.20. The summed E-state index contributed by atoms with van der Waals surface area (Å²) in [5, 5.41) is 8.97. The highest BCUT2D eigenvalue weighted by atomic mass is 16.3. The van der Waals surface area contributed by atoms with Gasteiger partial charge in [0, 0.05) is 24.3 Å². The van der Waals surface area contributed by atoms with Gasteiger partial charge in [0.05, 0.1) is 6.61 Å². The number of hydrogen-bond acceptors (Lipinski definition) is 3. The first-order chi connectivity index (χ1) is 7.60. The van der Waals surface area contributed by atoms with E-state index in [0.717, 1.165) is 17.8 Å². The molecule has 2 N–H and O–H groups in total. The molecule has 1 unspecified atom stereocenters. The molecule has 4 heteroatoms. The minimum absolute atomic E-state index is 0.0764. The van der Waals surface area contributed by atoms with Crippen LogP contribution < -0.4 is 5.56 Å². The van der Waals surface area contributed by atoms with E-state index < -0.39 is 0 Å². The van der Waals surface area contributed by atoms with E-state index in [4.69, 9.17) is 5.11 Å². The Morgan fingerprint density at radius 3 is 2.75 bits per heavy atom. The molecule has 0 radical (unpaired) electrons. The van der Waals surface area contributed by atoms with Gasteiger partial charge in [-0.3, -0.25) is 9.69 Å². The van der Waals surface area contributed by atoms with Gasteiger partial charge in [0.25, 0.3) is 0 Å². The van der Waals surface area contributed by atoms with E-state index >= 15 is 0 Å². The third-order valence-electron chi connectivity index (χ3n) is 2.93. The van der Waals surface area contributed by atoms with Crippen LogP contribution in [0.2, 0.25) is 0 Å². The summed E-state index contributed by atoms with van der Waals surface area (Å²) in [5.74, 6) is 0. The number of aromatic amines is 1. The largest absolute Gasteiger partial charge is 0.395 e. The van der Waals surface area contributed by atoms with Crippen molar-refractivity contribution in [1.29, 1.82) is 0 Å². The number of pyridine rings is 1. The maximum absolute atomic E-state index is 11.3. The van der Waals surface area contributed by atoms with Gasteiger partial charge in [0.1, 0.15) is 0 Å². The van der Waals surface area contributed by atoms with Gasteiger partial charge in [-0.25, -0.2) is 0 Å². The first-order valence-electron chi connectivity index (χ1n) is 5.64. The van der Waals surface area contributed by atoms with Gasteiger partial charge in [0.2, 0.25) is 5.56 Å². The average molecular weight is 224 g/mol. The zero-order valence-electron chi connectivity index (χ0n) is 10.2.